The molecule has 1 aromatic heterocycles. The lowest BCUT2D eigenvalue weighted by Crippen LogP contribution is -2.15. The van der Waals surface area contributed by atoms with Crippen molar-refractivity contribution in [1.29, 1.82) is 0 Å². The SMILES string of the molecule is Cc1nn(CCC(N)=O)c(C)c1-c1ccccc1OCC(C)C. The van der Waals surface area contributed by atoms with Crippen LogP contribution in [0.2, 0.25) is 0 Å². The van der Waals surface area contributed by atoms with E-state index in [0.29, 0.717) is 19.1 Å². The minimum atomic E-state index is -0.320. The molecule has 1 amide bonds. The summed E-state index contributed by atoms with van der Waals surface area (Å²) in [5.41, 5.74) is 9.28. The predicted molar refractivity (Wildman–Crippen MR) is 91.3 cm³/mol. The Kier molecular flexibility index (Phi) is 5.42. The Labute approximate surface area is 137 Å². The van der Waals surface area contributed by atoms with Crippen molar-refractivity contribution in [2.75, 3.05) is 6.61 Å². The summed E-state index contributed by atoms with van der Waals surface area (Å²) in [7, 11) is 0. The molecule has 1 heterocycles. The van der Waals surface area contributed by atoms with E-state index in [4.69, 9.17) is 10.5 Å². The van der Waals surface area contributed by atoms with E-state index >= 15 is 0 Å². The molecule has 0 aliphatic carbocycles. The van der Waals surface area contributed by atoms with Crippen LogP contribution in [0.3, 0.4) is 0 Å². The fraction of sp³-hybridized carbons (Fsp3) is 0.444. The van der Waals surface area contributed by atoms with E-state index in [1.54, 1.807) is 0 Å². The van der Waals surface area contributed by atoms with Crippen molar-refractivity contribution in [2.24, 2.45) is 11.7 Å². The molecule has 0 radical (unpaired) electrons. The van der Waals surface area contributed by atoms with E-state index in [0.717, 1.165) is 28.3 Å². The van der Waals surface area contributed by atoms with E-state index < -0.39 is 0 Å². The molecule has 0 unspecified atom stereocenters. The average molecular weight is 315 g/mol. The maximum atomic E-state index is 11.0. The highest BCUT2D eigenvalue weighted by Gasteiger charge is 2.17. The Morgan fingerprint density at radius 3 is 2.65 bits per heavy atom. The van der Waals surface area contributed by atoms with E-state index in [9.17, 15) is 4.79 Å². The van der Waals surface area contributed by atoms with Gasteiger partial charge in [0.1, 0.15) is 5.75 Å². The lowest BCUT2D eigenvalue weighted by atomic mass is 10.0. The number of rotatable bonds is 7. The second-order valence-electron chi connectivity index (χ2n) is 6.19. The first kappa shape index (κ1) is 17.1. The van der Waals surface area contributed by atoms with Gasteiger partial charge < -0.3 is 10.5 Å². The largest absolute Gasteiger partial charge is 0.493 e. The zero-order valence-electron chi connectivity index (χ0n) is 14.3. The third-order valence-electron chi connectivity index (χ3n) is 3.68. The smallest absolute Gasteiger partial charge is 0.219 e. The first-order chi connectivity index (χ1) is 10.9. The number of ether oxygens (including phenoxy) is 1. The van der Waals surface area contributed by atoms with Crippen LogP contribution in [0.1, 0.15) is 31.7 Å². The van der Waals surface area contributed by atoms with Gasteiger partial charge in [0.05, 0.1) is 12.3 Å². The van der Waals surface area contributed by atoms with Gasteiger partial charge in [0.15, 0.2) is 0 Å². The topological polar surface area (TPSA) is 70.1 Å². The van der Waals surface area contributed by atoms with Crippen molar-refractivity contribution in [3.8, 4) is 16.9 Å². The Hall–Kier alpha value is -2.30. The van der Waals surface area contributed by atoms with Crippen molar-refractivity contribution in [3.05, 3.63) is 35.7 Å². The third-order valence-corrected chi connectivity index (χ3v) is 3.68. The zero-order chi connectivity index (χ0) is 17.0. The van der Waals surface area contributed by atoms with E-state index in [-0.39, 0.29) is 12.3 Å². The minimum Gasteiger partial charge on any atom is -0.493 e. The van der Waals surface area contributed by atoms with Crippen LogP contribution in [0.4, 0.5) is 0 Å². The van der Waals surface area contributed by atoms with Gasteiger partial charge >= 0.3 is 0 Å². The molecule has 2 aromatic rings. The van der Waals surface area contributed by atoms with Crippen LogP contribution in [-0.4, -0.2) is 22.3 Å². The zero-order valence-corrected chi connectivity index (χ0v) is 14.3. The van der Waals surface area contributed by atoms with Gasteiger partial charge in [0.25, 0.3) is 0 Å². The molecule has 0 saturated carbocycles. The van der Waals surface area contributed by atoms with Crippen molar-refractivity contribution in [3.63, 3.8) is 0 Å². The summed E-state index contributed by atoms with van der Waals surface area (Å²) < 4.78 is 7.80. The highest BCUT2D eigenvalue weighted by Crippen LogP contribution is 2.34. The van der Waals surface area contributed by atoms with Crippen LogP contribution in [0.25, 0.3) is 11.1 Å². The standard InChI is InChI=1S/C18H25N3O2/c1-12(2)11-23-16-8-6-5-7-15(16)18-13(3)20-21(14(18)4)10-9-17(19)22/h5-8,12H,9-11H2,1-4H3,(H2,19,22). The minimum absolute atomic E-state index is 0.285. The fourth-order valence-corrected chi connectivity index (χ4v) is 2.58. The lowest BCUT2D eigenvalue weighted by Gasteiger charge is -2.13. The molecule has 5 heteroatoms. The second kappa shape index (κ2) is 7.31. The van der Waals surface area contributed by atoms with E-state index in [1.807, 2.05) is 42.8 Å². The molecule has 1 aromatic carbocycles. The summed E-state index contributed by atoms with van der Waals surface area (Å²) in [6, 6.07) is 8.00. The molecule has 2 rings (SSSR count). The Bertz CT molecular complexity index is 690. The number of amides is 1. The highest BCUT2D eigenvalue weighted by molar-refractivity contribution is 5.75. The molecule has 5 nitrogen and oxygen atoms in total. The van der Waals surface area contributed by atoms with Gasteiger partial charge in [-0.25, -0.2) is 0 Å². The number of carbonyl (C=O) groups excluding carboxylic acids is 1. The Morgan fingerprint density at radius 2 is 2.00 bits per heavy atom. The third kappa shape index (κ3) is 4.12. The summed E-state index contributed by atoms with van der Waals surface area (Å²) in [6.07, 6.45) is 0.285. The summed E-state index contributed by atoms with van der Waals surface area (Å²) in [5, 5.41) is 4.55. The van der Waals surface area contributed by atoms with Gasteiger partial charge in [0, 0.05) is 29.8 Å². The normalized spacial score (nSPS) is 11.0. The average Bonchev–Trinajstić information content (AvgIpc) is 2.77. The van der Waals surface area contributed by atoms with Crippen LogP contribution >= 0.6 is 0 Å². The number of carbonyl (C=O) groups is 1. The molecule has 0 saturated heterocycles. The van der Waals surface area contributed by atoms with Crippen LogP contribution in [0.15, 0.2) is 24.3 Å². The highest BCUT2D eigenvalue weighted by atomic mass is 16.5. The molecule has 0 spiro atoms. The van der Waals surface area contributed by atoms with E-state index in [1.165, 1.54) is 0 Å². The monoisotopic (exact) mass is 315 g/mol. The number of para-hydroxylation sites is 1. The molecule has 0 bridgehead atoms. The summed E-state index contributed by atoms with van der Waals surface area (Å²) >= 11 is 0. The Morgan fingerprint density at radius 1 is 1.30 bits per heavy atom. The number of hydrogen-bond donors (Lipinski definition) is 1. The van der Waals surface area contributed by atoms with Crippen LogP contribution < -0.4 is 10.5 Å². The van der Waals surface area contributed by atoms with Gasteiger partial charge in [-0.15, -0.1) is 0 Å². The molecular weight excluding hydrogens is 290 g/mol. The van der Waals surface area contributed by atoms with E-state index in [2.05, 4.69) is 18.9 Å². The van der Waals surface area contributed by atoms with Gasteiger partial charge in [-0.3, -0.25) is 9.48 Å². The molecule has 0 atom stereocenters. The summed E-state index contributed by atoms with van der Waals surface area (Å²) in [4.78, 5) is 11.0. The number of hydrogen-bond acceptors (Lipinski definition) is 3. The first-order valence-electron chi connectivity index (χ1n) is 7.94. The van der Waals surface area contributed by atoms with Gasteiger partial charge in [0.2, 0.25) is 5.91 Å². The summed E-state index contributed by atoms with van der Waals surface area (Å²) in [6.45, 7) is 9.40. The van der Waals surface area contributed by atoms with Crippen LogP contribution in [-0.2, 0) is 11.3 Å². The Balaban J connectivity index is 2.36. The molecule has 0 fully saturated rings. The maximum Gasteiger partial charge on any atom is 0.219 e. The van der Waals surface area contributed by atoms with Crippen LogP contribution in [0.5, 0.6) is 5.75 Å². The predicted octanol–water partition coefficient (Wildman–Crippen LogP) is 3.08. The molecule has 0 aliphatic rings. The van der Waals surface area contributed by atoms with Crippen molar-refractivity contribution >= 4 is 5.91 Å². The fourth-order valence-electron chi connectivity index (χ4n) is 2.58. The van der Waals surface area contributed by atoms with Gasteiger partial charge in [-0.2, -0.15) is 5.10 Å². The maximum absolute atomic E-state index is 11.0. The molecule has 23 heavy (non-hydrogen) atoms. The molecule has 0 aliphatic heterocycles. The number of benzene rings is 1. The molecule has 124 valence electrons. The number of aromatic nitrogens is 2. The molecular formula is C18H25N3O2. The lowest BCUT2D eigenvalue weighted by molar-refractivity contribution is -0.118. The number of primary amides is 1. The van der Waals surface area contributed by atoms with Crippen LogP contribution in [0, 0.1) is 19.8 Å². The van der Waals surface area contributed by atoms with Gasteiger partial charge in [-0.1, -0.05) is 32.0 Å². The quantitative estimate of drug-likeness (QED) is 0.853. The number of nitrogens with zero attached hydrogens (tertiary/aromatic N) is 2. The summed E-state index contributed by atoms with van der Waals surface area (Å²) in [5.74, 6) is 1.00. The first-order valence-corrected chi connectivity index (χ1v) is 7.94. The van der Waals surface area contributed by atoms with Crippen molar-refractivity contribution < 1.29 is 9.53 Å². The number of nitrogens with two attached hydrogens (primary N) is 1. The second-order valence-corrected chi connectivity index (χ2v) is 6.19. The van der Waals surface area contributed by atoms with Crippen molar-refractivity contribution in [2.45, 2.75) is 40.7 Å². The van der Waals surface area contributed by atoms with Crippen molar-refractivity contribution in [1.82, 2.24) is 9.78 Å². The molecule has 2 N–H and O–H groups in total. The number of aryl methyl sites for hydroxylation is 2. The van der Waals surface area contributed by atoms with Gasteiger partial charge in [-0.05, 0) is 25.8 Å².